The van der Waals surface area contributed by atoms with E-state index in [9.17, 15) is 9.59 Å². The maximum Gasteiger partial charge on any atom is 0.267 e. The Balaban J connectivity index is 0.00000208. The Morgan fingerprint density at radius 3 is 2.75 bits per heavy atom. The van der Waals surface area contributed by atoms with E-state index >= 15 is 0 Å². The summed E-state index contributed by atoms with van der Waals surface area (Å²) in [6.45, 7) is 1.53. The number of nitrogens with one attached hydrogen (secondary N) is 2. The van der Waals surface area contributed by atoms with E-state index in [1.807, 2.05) is 30.3 Å². The molecule has 1 unspecified atom stereocenters. The number of rotatable bonds is 5. The summed E-state index contributed by atoms with van der Waals surface area (Å²) in [5, 5.41) is 10.5. The lowest BCUT2D eigenvalue weighted by Crippen LogP contribution is -2.40. The monoisotopic (exact) mass is 348 g/mol. The molecule has 1 saturated heterocycles. The summed E-state index contributed by atoms with van der Waals surface area (Å²) in [6.07, 6.45) is 2.21. The van der Waals surface area contributed by atoms with E-state index < -0.39 is 0 Å². The maximum absolute atomic E-state index is 12.0. The van der Waals surface area contributed by atoms with E-state index in [1.54, 1.807) is 6.07 Å². The van der Waals surface area contributed by atoms with Gasteiger partial charge in [-0.3, -0.25) is 9.59 Å². The first kappa shape index (κ1) is 18.2. The molecule has 0 aliphatic carbocycles. The third kappa shape index (κ3) is 4.66. The van der Waals surface area contributed by atoms with E-state index in [0.29, 0.717) is 18.3 Å². The van der Waals surface area contributed by atoms with Crippen LogP contribution in [0.2, 0.25) is 0 Å². The highest BCUT2D eigenvalue weighted by Gasteiger charge is 2.15. The van der Waals surface area contributed by atoms with Gasteiger partial charge in [0.15, 0.2) is 0 Å². The molecule has 128 valence electrons. The molecule has 0 radical (unpaired) electrons. The van der Waals surface area contributed by atoms with E-state index in [1.165, 1.54) is 10.7 Å². The second kappa shape index (κ2) is 8.61. The number of amides is 1. The van der Waals surface area contributed by atoms with Gasteiger partial charge in [0.25, 0.3) is 5.56 Å². The summed E-state index contributed by atoms with van der Waals surface area (Å²) in [4.78, 5) is 23.9. The van der Waals surface area contributed by atoms with Gasteiger partial charge in [0, 0.05) is 24.2 Å². The molecule has 0 saturated carbocycles. The van der Waals surface area contributed by atoms with Crippen LogP contribution in [-0.4, -0.2) is 34.8 Å². The van der Waals surface area contributed by atoms with Gasteiger partial charge in [-0.05, 0) is 25.5 Å². The molecule has 0 bridgehead atoms. The molecule has 3 rings (SSSR count). The van der Waals surface area contributed by atoms with Gasteiger partial charge in [0.2, 0.25) is 5.91 Å². The van der Waals surface area contributed by atoms with Crippen LogP contribution in [0.3, 0.4) is 0 Å². The van der Waals surface area contributed by atoms with Crippen molar-refractivity contribution in [2.24, 2.45) is 0 Å². The topological polar surface area (TPSA) is 76.0 Å². The van der Waals surface area contributed by atoms with Gasteiger partial charge in [0.05, 0.1) is 5.69 Å². The molecule has 1 amide bonds. The van der Waals surface area contributed by atoms with Crippen LogP contribution in [0.4, 0.5) is 0 Å². The Labute approximate surface area is 146 Å². The number of hydrogen-bond donors (Lipinski definition) is 2. The second-order valence-electron chi connectivity index (χ2n) is 5.68. The van der Waals surface area contributed by atoms with Gasteiger partial charge < -0.3 is 10.6 Å². The second-order valence-corrected chi connectivity index (χ2v) is 5.68. The SMILES string of the molecule is Cl.O=C(Cn1nc(-c2ccccc2)ccc1=O)NCC1CCCN1. The molecule has 7 heteroatoms. The van der Waals surface area contributed by atoms with Gasteiger partial charge >= 0.3 is 0 Å². The van der Waals surface area contributed by atoms with Crippen molar-refractivity contribution in [3.63, 3.8) is 0 Å². The fourth-order valence-electron chi connectivity index (χ4n) is 2.68. The molecule has 6 nitrogen and oxygen atoms in total. The summed E-state index contributed by atoms with van der Waals surface area (Å²) in [7, 11) is 0. The van der Waals surface area contributed by atoms with Crippen LogP contribution in [0.5, 0.6) is 0 Å². The quantitative estimate of drug-likeness (QED) is 0.851. The van der Waals surface area contributed by atoms with E-state index in [2.05, 4.69) is 15.7 Å². The zero-order valence-corrected chi connectivity index (χ0v) is 14.1. The highest BCUT2D eigenvalue weighted by Crippen LogP contribution is 2.13. The minimum absolute atomic E-state index is 0. The van der Waals surface area contributed by atoms with Crippen LogP contribution < -0.4 is 16.2 Å². The zero-order chi connectivity index (χ0) is 16.1. The van der Waals surface area contributed by atoms with Gasteiger partial charge in [-0.25, -0.2) is 4.68 Å². The Morgan fingerprint density at radius 2 is 2.04 bits per heavy atom. The number of halogens is 1. The number of aromatic nitrogens is 2. The molecular formula is C17H21ClN4O2. The lowest BCUT2D eigenvalue weighted by atomic mass is 10.1. The van der Waals surface area contributed by atoms with E-state index in [-0.39, 0.29) is 30.4 Å². The van der Waals surface area contributed by atoms with Crippen LogP contribution in [0.25, 0.3) is 11.3 Å². The van der Waals surface area contributed by atoms with Crippen molar-refractivity contribution >= 4 is 18.3 Å². The molecule has 1 aliphatic rings. The first-order valence-electron chi connectivity index (χ1n) is 7.86. The van der Waals surface area contributed by atoms with Gasteiger partial charge in [-0.2, -0.15) is 5.10 Å². The molecule has 0 spiro atoms. The maximum atomic E-state index is 12.0. The normalized spacial score (nSPS) is 16.4. The van der Waals surface area contributed by atoms with Crippen LogP contribution >= 0.6 is 12.4 Å². The van der Waals surface area contributed by atoms with Gasteiger partial charge in [-0.15, -0.1) is 12.4 Å². The molecule has 24 heavy (non-hydrogen) atoms. The third-order valence-corrected chi connectivity index (χ3v) is 3.94. The van der Waals surface area contributed by atoms with Crippen molar-refractivity contribution in [1.29, 1.82) is 0 Å². The van der Waals surface area contributed by atoms with Crippen LogP contribution in [0.1, 0.15) is 12.8 Å². The average molecular weight is 349 g/mol. The highest BCUT2D eigenvalue weighted by atomic mass is 35.5. The van der Waals surface area contributed by atoms with Crippen molar-refractivity contribution in [2.75, 3.05) is 13.1 Å². The van der Waals surface area contributed by atoms with Crippen molar-refractivity contribution in [3.8, 4) is 11.3 Å². The molecule has 2 N–H and O–H groups in total. The number of hydrogen-bond acceptors (Lipinski definition) is 4. The Kier molecular flexibility index (Phi) is 6.52. The lowest BCUT2D eigenvalue weighted by Gasteiger charge is -2.12. The summed E-state index contributed by atoms with van der Waals surface area (Å²) < 4.78 is 1.21. The minimum Gasteiger partial charge on any atom is -0.353 e. The molecule has 2 heterocycles. The van der Waals surface area contributed by atoms with E-state index in [0.717, 1.165) is 24.9 Å². The minimum atomic E-state index is -0.279. The molecule has 1 aliphatic heterocycles. The summed E-state index contributed by atoms with van der Waals surface area (Å²) >= 11 is 0. The predicted molar refractivity (Wildman–Crippen MR) is 95.2 cm³/mol. The zero-order valence-electron chi connectivity index (χ0n) is 13.3. The standard InChI is InChI=1S/C17H20N4O2.ClH/c22-16(19-11-14-7-4-10-18-14)12-21-17(23)9-8-15(20-21)13-5-2-1-3-6-13;/h1-3,5-6,8-9,14,18H,4,7,10-12H2,(H,19,22);1H. The van der Waals surface area contributed by atoms with Crippen molar-refractivity contribution in [2.45, 2.75) is 25.4 Å². The molecular weight excluding hydrogens is 328 g/mol. The van der Waals surface area contributed by atoms with Crippen LogP contribution in [0.15, 0.2) is 47.3 Å². The number of nitrogens with zero attached hydrogens (tertiary/aromatic N) is 2. The van der Waals surface area contributed by atoms with Crippen molar-refractivity contribution in [3.05, 3.63) is 52.8 Å². The molecule has 1 fully saturated rings. The van der Waals surface area contributed by atoms with Crippen LogP contribution in [-0.2, 0) is 11.3 Å². The molecule has 1 aromatic carbocycles. The van der Waals surface area contributed by atoms with E-state index in [4.69, 9.17) is 0 Å². The lowest BCUT2D eigenvalue weighted by molar-refractivity contribution is -0.122. The Bertz CT molecular complexity index is 727. The van der Waals surface area contributed by atoms with Gasteiger partial charge in [0.1, 0.15) is 6.54 Å². The van der Waals surface area contributed by atoms with Gasteiger partial charge in [-0.1, -0.05) is 30.3 Å². The molecule has 2 aromatic rings. The summed E-state index contributed by atoms with van der Waals surface area (Å²) in [5.74, 6) is -0.196. The molecule has 1 aromatic heterocycles. The fraction of sp³-hybridized carbons (Fsp3) is 0.353. The van der Waals surface area contributed by atoms with Crippen molar-refractivity contribution < 1.29 is 4.79 Å². The Morgan fingerprint density at radius 1 is 1.25 bits per heavy atom. The summed E-state index contributed by atoms with van der Waals surface area (Å²) in [6, 6.07) is 13.0. The smallest absolute Gasteiger partial charge is 0.267 e. The fourth-order valence-corrected chi connectivity index (χ4v) is 2.68. The first-order chi connectivity index (χ1) is 11.2. The molecule has 1 atom stereocenters. The Hall–Kier alpha value is -2.18. The van der Waals surface area contributed by atoms with Crippen LogP contribution in [0, 0.1) is 0 Å². The number of benzene rings is 1. The summed E-state index contributed by atoms with van der Waals surface area (Å²) in [5.41, 5.74) is 1.31. The third-order valence-electron chi connectivity index (χ3n) is 3.94. The number of carbonyl (C=O) groups is 1. The first-order valence-corrected chi connectivity index (χ1v) is 7.86. The largest absolute Gasteiger partial charge is 0.353 e. The number of carbonyl (C=O) groups excluding carboxylic acids is 1. The van der Waals surface area contributed by atoms with Crippen molar-refractivity contribution in [1.82, 2.24) is 20.4 Å². The predicted octanol–water partition coefficient (Wildman–Crippen LogP) is 1.20. The average Bonchev–Trinajstić information content (AvgIpc) is 3.09. The highest BCUT2D eigenvalue weighted by molar-refractivity contribution is 5.85.